The molecule has 0 aromatic rings. The molecule has 0 heterocycles. The number of unbranched alkanes of at least 4 members (excludes halogenated alkanes) is 29. The van der Waals surface area contributed by atoms with E-state index in [-0.39, 0.29) is 13.0 Å². The molecular formula is C54H100NO9P. The van der Waals surface area contributed by atoms with E-state index < -0.39 is 45.1 Å². The molecule has 11 heteroatoms. The summed E-state index contributed by atoms with van der Waals surface area (Å²) in [4.78, 5) is 33.7. The molecule has 0 aliphatic heterocycles. The van der Waals surface area contributed by atoms with Crippen LogP contribution >= 0.6 is 7.82 Å². The molecule has 0 aromatic carbocycles. The van der Waals surface area contributed by atoms with Crippen molar-refractivity contribution < 1.29 is 42.7 Å². The zero-order valence-electron chi connectivity index (χ0n) is 41.8. The fraction of sp³-hybridized carbons (Fsp3) is 0.815. The number of carbonyl (C=O) groups is 2. The van der Waals surface area contributed by atoms with Crippen molar-refractivity contribution in [1.82, 2.24) is 0 Å². The van der Waals surface area contributed by atoms with Crippen LogP contribution in [0.3, 0.4) is 0 Å². The summed E-state index contributed by atoms with van der Waals surface area (Å²) in [5.41, 5.74) is 5.38. The molecule has 0 amide bonds. The Hall–Kier alpha value is -2.07. The minimum atomic E-state index is -4.63. The van der Waals surface area contributed by atoms with Gasteiger partial charge in [-0.2, -0.15) is 0 Å². The van der Waals surface area contributed by atoms with Crippen molar-refractivity contribution >= 4 is 19.8 Å². The SMILES string of the molecule is CC/C=C\C/C=C\C/C=C\C/C=C\CCCCCCCCCCC(=O)OC(COCCCCCCCCCCCCCCCCCCCCCCCC)COP(=O)(O)OCC(N)C(=O)O. The van der Waals surface area contributed by atoms with Gasteiger partial charge in [0.15, 0.2) is 0 Å². The van der Waals surface area contributed by atoms with Gasteiger partial charge in [-0.25, -0.2) is 4.57 Å². The molecule has 0 saturated carbocycles. The molecular weight excluding hydrogens is 838 g/mol. The number of hydrogen-bond acceptors (Lipinski definition) is 8. The highest BCUT2D eigenvalue weighted by Gasteiger charge is 2.27. The molecule has 0 aliphatic carbocycles. The van der Waals surface area contributed by atoms with E-state index in [1.54, 1.807) is 0 Å². The van der Waals surface area contributed by atoms with Gasteiger partial charge in [0.05, 0.1) is 19.8 Å². The molecule has 10 nitrogen and oxygen atoms in total. The second kappa shape index (κ2) is 49.8. The second-order valence-electron chi connectivity index (χ2n) is 18.0. The standard InChI is InChI=1S/C54H100NO9P/c1-3-5-7-9-11-13-15-17-19-21-23-25-27-29-31-33-35-37-39-41-43-45-47-61-48-51(49-62-65(59,60)63-50-52(55)54(57)58)64-53(56)46-44-42-40-38-36-34-32-30-28-26-24-22-20-18-16-14-12-10-8-6-4-2/h6,8,12,14,18,20,24,26,51-52H,3-5,7,9-11,13,15-17,19,21-23,25,27-50,55H2,1-2H3,(H,57,58)(H,59,60)/b8-6-,14-12-,20-18-,26-24-. The molecule has 3 atom stereocenters. The van der Waals surface area contributed by atoms with E-state index in [4.69, 9.17) is 29.4 Å². The summed E-state index contributed by atoms with van der Waals surface area (Å²) in [7, 11) is -4.63. The first-order valence-electron chi connectivity index (χ1n) is 26.7. The highest BCUT2D eigenvalue weighted by atomic mass is 31.2. The lowest BCUT2D eigenvalue weighted by Crippen LogP contribution is -2.34. The number of nitrogens with two attached hydrogens (primary N) is 1. The first-order chi connectivity index (χ1) is 31.7. The maximum atomic E-state index is 12.7. The molecule has 0 spiro atoms. The predicted octanol–water partition coefficient (Wildman–Crippen LogP) is 15.8. The highest BCUT2D eigenvalue weighted by molar-refractivity contribution is 7.47. The van der Waals surface area contributed by atoms with E-state index in [2.05, 4.69) is 62.5 Å². The molecule has 380 valence electrons. The quantitative estimate of drug-likeness (QED) is 0.0232. The normalized spacial score (nSPS) is 14.0. The molecule has 0 saturated heterocycles. The van der Waals surface area contributed by atoms with Gasteiger partial charge in [-0.1, -0.05) is 236 Å². The zero-order chi connectivity index (χ0) is 47.6. The van der Waals surface area contributed by atoms with Crippen LogP contribution in [0.4, 0.5) is 0 Å². The Morgan fingerprint density at radius 3 is 1.34 bits per heavy atom. The van der Waals surface area contributed by atoms with E-state index in [1.807, 2.05) is 0 Å². The van der Waals surface area contributed by atoms with Crippen molar-refractivity contribution in [1.29, 1.82) is 0 Å². The highest BCUT2D eigenvalue weighted by Crippen LogP contribution is 2.43. The van der Waals surface area contributed by atoms with Crippen molar-refractivity contribution in [3.8, 4) is 0 Å². The monoisotopic (exact) mass is 938 g/mol. The van der Waals surface area contributed by atoms with Crippen LogP contribution in [0.15, 0.2) is 48.6 Å². The Balaban J connectivity index is 4.11. The van der Waals surface area contributed by atoms with Gasteiger partial charge in [0, 0.05) is 13.0 Å². The molecule has 0 aromatic heterocycles. The van der Waals surface area contributed by atoms with E-state index in [0.29, 0.717) is 13.0 Å². The van der Waals surface area contributed by atoms with Gasteiger partial charge in [0.1, 0.15) is 12.1 Å². The van der Waals surface area contributed by atoms with Crippen LogP contribution < -0.4 is 5.73 Å². The van der Waals surface area contributed by atoms with E-state index in [0.717, 1.165) is 70.6 Å². The number of carbonyl (C=O) groups excluding carboxylic acids is 1. The van der Waals surface area contributed by atoms with E-state index in [1.165, 1.54) is 148 Å². The maximum Gasteiger partial charge on any atom is 0.472 e. The van der Waals surface area contributed by atoms with Crippen molar-refractivity contribution in [3.63, 3.8) is 0 Å². The minimum Gasteiger partial charge on any atom is -0.480 e. The van der Waals surface area contributed by atoms with Crippen LogP contribution in [-0.2, 0) is 32.7 Å². The number of aliphatic carboxylic acids is 1. The van der Waals surface area contributed by atoms with Gasteiger partial charge in [-0.05, 0) is 51.4 Å². The number of esters is 1. The number of hydrogen-bond donors (Lipinski definition) is 3. The van der Waals surface area contributed by atoms with Gasteiger partial charge in [0.2, 0.25) is 0 Å². The van der Waals surface area contributed by atoms with Gasteiger partial charge in [-0.15, -0.1) is 0 Å². The Labute approximate surface area is 399 Å². The number of allylic oxidation sites excluding steroid dienone is 8. The lowest BCUT2D eigenvalue weighted by atomic mass is 10.0. The lowest BCUT2D eigenvalue weighted by molar-refractivity contribution is -0.154. The zero-order valence-corrected chi connectivity index (χ0v) is 42.7. The Kier molecular flexibility index (Phi) is 48.2. The Morgan fingerprint density at radius 1 is 0.508 bits per heavy atom. The van der Waals surface area contributed by atoms with E-state index in [9.17, 15) is 19.0 Å². The summed E-state index contributed by atoms with van der Waals surface area (Å²) in [5.74, 6) is -1.78. The van der Waals surface area contributed by atoms with E-state index >= 15 is 0 Å². The van der Waals surface area contributed by atoms with Crippen LogP contribution in [0.5, 0.6) is 0 Å². The van der Waals surface area contributed by atoms with Crippen molar-refractivity contribution in [2.75, 3.05) is 26.4 Å². The molecule has 0 bridgehead atoms. The average molecular weight is 938 g/mol. The van der Waals surface area contributed by atoms with Crippen molar-refractivity contribution in [3.05, 3.63) is 48.6 Å². The summed E-state index contributed by atoms with van der Waals surface area (Å²) in [5, 5.41) is 8.94. The summed E-state index contributed by atoms with van der Waals surface area (Å²) in [6, 6.07) is -1.48. The number of rotatable bonds is 51. The van der Waals surface area contributed by atoms with Crippen LogP contribution in [0.25, 0.3) is 0 Å². The summed E-state index contributed by atoms with van der Waals surface area (Å²) >= 11 is 0. The number of phosphoric ester groups is 1. The van der Waals surface area contributed by atoms with Crippen molar-refractivity contribution in [2.45, 2.75) is 257 Å². The molecule has 0 radical (unpaired) electrons. The third-order valence-electron chi connectivity index (χ3n) is 11.6. The lowest BCUT2D eigenvalue weighted by Gasteiger charge is -2.20. The molecule has 0 fully saturated rings. The van der Waals surface area contributed by atoms with Crippen LogP contribution in [0, 0.1) is 0 Å². The molecule has 4 N–H and O–H groups in total. The Bertz CT molecular complexity index is 1220. The average Bonchev–Trinajstić information content (AvgIpc) is 3.29. The molecule has 0 rings (SSSR count). The summed E-state index contributed by atoms with van der Waals surface area (Å²) < 4.78 is 33.6. The van der Waals surface area contributed by atoms with Crippen LogP contribution in [0.2, 0.25) is 0 Å². The summed E-state index contributed by atoms with van der Waals surface area (Å²) in [6.07, 6.45) is 60.3. The van der Waals surface area contributed by atoms with Gasteiger partial charge < -0.3 is 25.2 Å². The smallest absolute Gasteiger partial charge is 0.472 e. The summed E-state index contributed by atoms with van der Waals surface area (Å²) in [6.45, 7) is 3.81. The molecule has 3 unspecified atom stereocenters. The molecule has 65 heavy (non-hydrogen) atoms. The minimum absolute atomic E-state index is 0.0158. The number of carboxylic acid groups (broad SMARTS) is 1. The topological polar surface area (TPSA) is 155 Å². The Morgan fingerprint density at radius 2 is 0.892 bits per heavy atom. The predicted molar refractivity (Wildman–Crippen MR) is 272 cm³/mol. The van der Waals surface area contributed by atoms with Crippen molar-refractivity contribution in [2.24, 2.45) is 5.73 Å². The van der Waals surface area contributed by atoms with Gasteiger partial charge in [-0.3, -0.25) is 18.6 Å². The fourth-order valence-corrected chi connectivity index (χ4v) is 8.32. The second-order valence-corrected chi connectivity index (χ2v) is 19.4. The largest absolute Gasteiger partial charge is 0.480 e. The van der Waals surface area contributed by atoms with Crippen LogP contribution in [0.1, 0.15) is 245 Å². The van der Waals surface area contributed by atoms with Crippen LogP contribution in [-0.4, -0.2) is 60.5 Å². The first kappa shape index (κ1) is 62.9. The third kappa shape index (κ3) is 49.7. The fourth-order valence-electron chi connectivity index (χ4n) is 7.54. The number of ether oxygens (including phenoxy) is 2. The maximum absolute atomic E-state index is 12.7. The third-order valence-corrected chi connectivity index (χ3v) is 12.6. The first-order valence-corrected chi connectivity index (χ1v) is 28.2. The number of phosphoric acid groups is 1. The van der Waals surface area contributed by atoms with Gasteiger partial charge in [0.25, 0.3) is 0 Å². The number of carboxylic acids is 1. The van der Waals surface area contributed by atoms with Gasteiger partial charge >= 0.3 is 19.8 Å². The molecule has 0 aliphatic rings.